The molecule has 10 nitrogen and oxygen atoms in total. The summed E-state index contributed by atoms with van der Waals surface area (Å²) in [5.74, 6) is -0.755. The van der Waals surface area contributed by atoms with Crippen LogP contribution in [0, 0.1) is 0 Å². The number of alkyl halides is 3. The Bertz CT molecular complexity index is 1310. The van der Waals surface area contributed by atoms with Crippen molar-refractivity contribution in [2.45, 2.75) is 11.3 Å². The van der Waals surface area contributed by atoms with Gasteiger partial charge in [-0.2, -0.15) is 4.31 Å². The van der Waals surface area contributed by atoms with E-state index in [1.807, 2.05) is 0 Å². The third-order valence-electron chi connectivity index (χ3n) is 5.44. The lowest BCUT2D eigenvalue weighted by molar-refractivity contribution is -0.274. The van der Waals surface area contributed by atoms with Crippen molar-refractivity contribution in [1.29, 1.82) is 0 Å². The van der Waals surface area contributed by atoms with Crippen LogP contribution < -0.4 is 15.1 Å². The molecule has 36 heavy (non-hydrogen) atoms. The van der Waals surface area contributed by atoms with Gasteiger partial charge in [0.2, 0.25) is 16.0 Å². The largest absolute Gasteiger partial charge is 0.573 e. The maximum atomic E-state index is 13.1. The molecule has 2 N–H and O–H groups in total. The third kappa shape index (κ3) is 5.72. The Labute approximate surface area is 204 Å². The van der Waals surface area contributed by atoms with Crippen LogP contribution in [0.15, 0.2) is 65.8 Å². The quantitative estimate of drug-likeness (QED) is 0.373. The van der Waals surface area contributed by atoms with Gasteiger partial charge in [0.05, 0.1) is 10.5 Å². The predicted octanol–water partition coefficient (Wildman–Crippen LogP) is 2.67. The number of hydrogen-bond acceptors (Lipinski definition) is 8. The van der Waals surface area contributed by atoms with Crippen molar-refractivity contribution >= 4 is 21.9 Å². The smallest absolute Gasteiger partial charge is 0.406 e. The maximum absolute atomic E-state index is 13.1. The standard InChI is InChI=1S/C22H20F3N5O5S/c23-22(24,25)35-18-5-1-15(2-6-18)16-3-7-19(8-4-16)36(33,34)30-11-9-29(10-12-30)21-26-13-17(14-27-21)20(31)28-32/h1-8,13-14,32H,9-12H2,(H,28,31). The Morgan fingerprint density at radius 2 is 1.44 bits per heavy atom. The molecule has 0 bridgehead atoms. The van der Waals surface area contributed by atoms with E-state index in [0.29, 0.717) is 30.2 Å². The number of rotatable bonds is 6. The monoisotopic (exact) mass is 523 g/mol. The van der Waals surface area contributed by atoms with Crippen LogP contribution in [0.1, 0.15) is 10.4 Å². The van der Waals surface area contributed by atoms with Crippen LogP contribution in [-0.4, -0.2) is 66.3 Å². The second-order valence-electron chi connectivity index (χ2n) is 7.70. The third-order valence-corrected chi connectivity index (χ3v) is 7.35. The molecule has 2 aromatic carbocycles. The van der Waals surface area contributed by atoms with E-state index in [9.17, 15) is 26.4 Å². The van der Waals surface area contributed by atoms with Crippen molar-refractivity contribution in [3.8, 4) is 16.9 Å². The fraction of sp³-hybridized carbons (Fsp3) is 0.227. The molecule has 1 amide bonds. The van der Waals surface area contributed by atoms with Gasteiger partial charge in [0.15, 0.2) is 0 Å². The average molecular weight is 523 g/mol. The van der Waals surface area contributed by atoms with E-state index >= 15 is 0 Å². The van der Waals surface area contributed by atoms with Crippen LogP contribution in [0.2, 0.25) is 0 Å². The summed E-state index contributed by atoms with van der Waals surface area (Å²) in [5.41, 5.74) is 2.81. The van der Waals surface area contributed by atoms with Gasteiger partial charge in [-0.3, -0.25) is 10.0 Å². The van der Waals surface area contributed by atoms with E-state index in [2.05, 4.69) is 14.7 Å². The number of benzene rings is 2. The topological polar surface area (TPSA) is 125 Å². The summed E-state index contributed by atoms with van der Waals surface area (Å²) >= 11 is 0. The molecule has 1 saturated heterocycles. The van der Waals surface area contributed by atoms with Crippen LogP contribution in [0.4, 0.5) is 19.1 Å². The van der Waals surface area contributed by atoms with E-state index < -0.39 is 22.3 Å². The molecule has 0 aliphatic carbocycles. The molecular formula is C22H20F3N5O5S. The predicted molar refractivity (Wildman–Crippen MR) is 121 cm³/mol. The first-order valence-corrected chi connectivity index (χ1v) is 12.0. The van der Waals surface area contributed by atoms with Gasteiger partial charge < -0.3 is 9.64 Å². The minimum atomic E-state index is -4.78. The highest BCUT2D eigenvalue weighted by Crippen LogP contribution is 2.28. The molecule has 3 aromatic rings. The number of carbonyl (C=O) groups is 1. The second kappa shape index (κ2) is 10.1. The fourth-order valence-corrected chi connectivity index (χ4v) is 5.03. The number of amides is 1. The number of ether oxygens (including phenoxy) is 1. The molecule has 1 aliphatic heterocycles. The van der Waals surface area contributed by atoms with Crippen molar-refractivity contribution in [2.24, 2.45) is 0 Å². The van der Waals surface area contributed by atoms with Crippen LogP contribution in [0.5, 0.6) is 5.75 Å². The zero-order valence-electron chi connectivity index (χ0n) is 18.5. The van der Waals surface area contributed by atoms with Crippen molar-refractivity contribution in [3.63, 3.8) is 0 Å². The number of hydrogen-bond donors (Lipinski definition) is 2. The highest BCUT2D eigenvalue weighted by Gasteiger charge is 2.31. The van der Waals surface area contributed by atoms with E-state index in [1.54, 1.807) is 17.0 Å². The molecule has 0 spiro atoms. The zero-order valence-corrected chi connectivity index (χ0v) is 19.3. The highest BCUT2D eigenvalue weighted by molar-refractivity contribution is 7.89. The first-order valence-electron chi connectivity index (χ1n) is 10.5. The zero-order chi connectivity index (χ0) is 25.9. The molecule has 1 aliphatic rings. The van der Waals surface area contributed by atoms with E-state index in [0.717, 1.165) is 0 Å². The summed E-state index contributed by atoms with van der Waals surface area (Å²) in [6.45, 7) is 1.03. The lowest BCUT2D eigenvalue weighted by Crippen LogP contribution is -2.49. The average Bonchev–Trinajstić information content (AvgIpc) is 2.88. The van der Waals surface area contributed by atoms with Gasteiger partial charge >= 0.3 is 6.36 Å². The number of sulfonamides is 1. The summed E-state index contributed by atoms with van der Waals surface area (Å²) in [6.07, 6.45) is -2.26. The van der Waals surface area contributed by atoms with Crippen molar-refractivity contribution in [1.82, 2.24) is 19.8 Å². The molecule has 1 aromatic heterocycles. The number of carbonyl (C=O) groups excluding carboxylic acids is 1. The van der Waals surface area contributed by atoms with Crippen molar-refractivity contribution in [3.05, 3.63) is 66.5 Å². The van der Waals surface area contributed by atoms with Gasteiger partial charge in [-0.25, -0.2) is 23.9 Å². The van der Waals surface area contributed by atoms with Gasteiger partial charge in [0.1, 0.15) is 5.75 Å². The molecule has 4 rings (SSSR count). The van der Waals surface area contributed by atoms with Crippen LogP contribution in [-0.2, 0) is 10.0 Å². The van der Waals surface area contributed by atoms with Crippen LogP contribution >= 0.6 is 0 Å². The lowest BCUT2D eigenvalue weighted by Gasteiger charge is -2.34. The second-order valence-corrected chi connectivity index (χ2v) is 9.64. The van der Waals surface area contributed by atoms with Crippen molar-refractivity contribution in [2.75, 3.05) is 31.1 Å². The summed E-state index contributed by atoms with van der Waals surface area (Å²) in [6, 6.07) is 11.3. The van der Waals surface area contributed by atoms with Gasteiger partial charge in [0.25, 0.3) is 5.91 Å². The highest BCUT2D eigenvalue weighted by atomic mass is 32.2. The first-order chi connectivity index (χ1) is 17.1. The van der Waals surface area contributed by atoms with Gasteiger partial charge in [-0.05, 0) is 35.4 Å². The van der Waals surface area contributed by atoms with Gasteiger partial charge in [-0.15, -0.1) is 13.2 Å². The van der Waals surface area contributed by atoms with E-state index in [1.165, 1.54) is 58.6 Å². The summed E-state index contributed by atoms with van der Waals surface area (Å²) < 4.78 is 68.4. The summed E-state index contributed by atoms with van der Waals surface area (Å²) in [4.78, 5) is 21.4. The Morgan fingerprint density at radius 3 is 1.94 bits per heavy atom. The molecular weight excluding hydrogens is 503 g/mol. The van der Waals surface area contributed by atoms with Gasteiger partial charge in [-0.1, -0.05) is 24.3 Å². The fourth-order valence-electron chi connectivity index (χ4n) is 3.61. The lowest BCUT2D eigenvalue weighted by atomic mass is 10.1. The number of hydroxylamine groups is 1. The minimum absolute atomic E-state index is 0.0801. The van der Waals surface area contributed by atoms with Gasteiger partial charge in [0, 0.05) is 38.6 Å². The minimum Gasteiger partial charge on any atom is -0.406 e. The first kappa shape index (κ1) is 25.3. The Hall–Kier alpha value is -3.75. The molecule has 0 atom stereocenters. The SMILES string of the molecule is O=C(NO)c1cnc(N2CCN(S(=O)(=O)c3ccc(-c4ccc(OC(F)(F)F)cc4)cc3)CC2)nc1. The van der Waals surface area contributed by atoms with Crippen LogP contribution in [0.3, 0.4) is 0 Å². The number of halogens is 3. The molecule has 2 heterocycles. The summed E-state index contributed by atoms with van der Waals surface area (Å²) in [7, 11) is -3.77. The number of piperazine rings is 1. The molecule has 0 radical (unpaired) electrons. The van der Waals surface area contributed by atoms with Crippen molar-refractivity contribution < 1.29 is 36.3 Å². The Balaban J connectivity index is 1.39. The molecule has 0 unspecified atom stereocenters. The number of anilines is 1. The number of aromatic nitrogens is 2. The molecule has 14 heteroatoms. The molecule has 0 saturated carbocycles. The normalized spacial score (nSPS) is 14.9. The Kier molecular flexibility index (Phi) is 7.10. The van der Waals surface area contributed by atoms with E-state index in [-0.39, 0.29) is 29.3 Å². The number of nitrogens with zero attached hydrogens (tertiary/aromatic N) is 4. The molecule has 190 valence electrons. The maximum Gasteiger partial charge on any atom is 0.573 e. The van der Waals surface area contributed by atoms with Crippen LogP contribution in [0.25, 0.3) is 11.1 Å². The molecule has 1 fully saturated rings. The van der Waals surface area contributed by atoms with E-state index in [4.69, 9.17) is 5.21 Å². The Morgan fingerprint density at radius 1 is 0.917 bits per heavy atom. The number of nitrogens with one attached hydrogen (secondary N) is 1. The summed E-state index contributed by atoms with van der Waals surface area (Å²) in [5, 5.41) is 8.66.